The molecule has 102 valence electrons. The van der Waals surface area contributed by atoms with Gasteiger partial charge in [0.05, 0.1) is 7.11 Å². The van der Waals surface area contributed by atoms with E-state index in [1.807, 2.05) is 12.1 Å². The monoisotopic (exact) mass is 251 g/mol. The number of hydrogen-bond acceptors (Lipinski definition) is 3. The van der Waals surface area contributed by atoms with Gasteiger partial charge in [0.2, 0.25) is 0 Å². The van der Waals surface area contributed by atoms with Gasteiger partial charge in [0.25, 0.3) is 0 Å². The Kier molecular flexibility index (Phi) is 7.46. The van der Waals surface area contributed by atoms with Crippen molar-refractivity contribution in [3.8, 4) is 5.75 Å². The van der Waals surface area contributed by atoms with Gasteiger partial charge < -0.3 is 14.8 Å². The normalized spacial score (nSPS) is 12.4. The molecule has 3 nitrogen and oxygen atoms in total. The van der Waals surface area contributed by atoms with E-state index < -0.39 is 0 Å². The fourth-order valence-corrected chi connectivity index (χ4v) is 1.77. The van der Waals surface area contributed by atoms with Crippen LogP contribution < -0.4 is 10.1 Å². The second kappa shape index (κ2) is 8.95. The van der Waals surface area contributed by atoms with Gasteiger partial charge in [0.1, 0.15) is 5.75 Å². The van der Waals surface area contributed by atoms with E-state index in [2.05, 4.69) is 31.3 Å². The first-order valence-electron chi connectivity index (χ1n) is 6.73. The number of hydrogen-bond donors (Lipinski definition) is 1. The van der Waals surface area contributed by atoms with Crippen molar-refractivity contribution >= 4 is 0 Å². The van der Waals surface area contributed by atoms with Crippen molar-refractivity contribution in [2.75, 3.05) is 26.9 Å². The molecule has 0 radical (unpaired) electrons. The van der Waals surface area contributed by atoms with Gasteiger partial charge >= 0.3 is 0 Å². The first kappa shape index (κ1) is 15.0. The third kappa shape index (κ3) is 5.52. The summed E-state index contributed by atoms with van der Waals surface area (Å²) >= 11 is 0. The molecule has 1 unspecified atom stereocenters. The second-order valence-corrected chi connectivity index (χ2v) is 4.42. The molecule has 1 aromatic carbocycles. The molecule has 0 aliphatic carbocycles. The van der Waals surface area contributed by atoms with Crippen LogP contribution >= 0.6 is 0 Å². The highest BCUT2D eigenvalue weighted by Crippen LogP contribution is 2.18. The lowest BCUT2D eigenvalue weighted by atomic mass is 10.1. The van der Waals surface area contributed by atoms with Crippen molar-refractivity contribution in [2.24, 2.45) is 0 Å². The first-order valence-corrected chi connectivity index (χ1v) is 6.73. The Morgan fingerprint density at radius 3 is 2.83 bits per heavy atom. The predicted molar refractivity (Wildman–Crippen MR) is 75.1 cm³/mol. The van der Waals surface area contributed by atoms with Crippen LogP contribution in [0.2, 0.25) is 0 Å². The molecule has 0 amide bonds. The number of benzene rings is 1. The molecule has 0 saturated carbocycles. The van der Waals surface area contributed by atoms with Crippen LogP contribution in [0.5, 0.6) is 5.75 Å². The molecule has 0 fully saturated rings. The van der Waals surface area contributed by atoms with Gasteiger partial charge in [-0.1, -0.05) is 19.1 Å². The van der Waals surface area contributed by atoms with Crippen LogP contribution in [0.15, 0.2) is 24.3 Å². The molecule has 1 aromatic rings. The third-order valence-corrected chi connectivity index (χ3v) is 2.86. The average molecular weight is 251 g/mol. The highest BCUT2D eigenvalue weighted by Gasteiger charge is 2.04. The minimum atomic E-state index is 0.339. The standard InChI is InChI=1S/C15H25NO2/c1-4-10-18-11-6-9-16-13(2)14-7-5-8-15(12-14)17-3/h5,7-8,12-13,16H,4,6,9-11H2,1-3H3. The van der Waals surface area contributed by atoms with E-state index in [0.29, 0.717) is 6.04 Å². The highest BCUT2D eigenvalue weighted by molar-refractivity contribution is 5.30. The molecule has 3 heteroatoms. The van der Waals surface area contributed by atoms with E-state index in [-0.39, 0.29) is 0 Å². The number of methoxy groups -OCH3 is 1. The Hall–Kier alpha value is -1.06. The molecule has 0 spiro atoms. The summed E-state index contributed by atoms with van der Waals surface area (Å²) in [6.07, 6.45) is 2.14. The Morgan fingerprint density at radius 1 is 1.28 bits per heavy atom. The van der Waals surface area contributed by atoms with Crippen LogP contribution in [-0.2, 0) is 4.74 Å². The minimum absolute atomic E-state index is 0.339. The van der Waals surface area contributed by atoms with Gasteiger partial charge in [-0.25, -0.2) is 0 Å². The molecule has 0 saturated heterocycles. The molecule has 18 heavy (non-hydrogen) atoms. The van der Waals surface area contributed by atoms with Crippen molar-refractivity contribution in [3.63, 3.8) is 0 Å². The van der Waals surface area contributed by atoms with Crippen LogP contribution in [0.25, 0.3) is 0 Å². The van der Waals surface area contributed by atoms with E-state index in [9.17, 15) is 0 Å². The SMILES string of the molecule is CCCOCCCNC(C)c1cccc(OC)c1. The van der Waals surface area contributed by atoms with Gasteiger partial charge in [0.15, 0.2) is 0 Å². The van der Waals surface area contributed by atoms with Crippen LogP contribution in [0.3, 0.4) is 0 Å². The lowest BCUT2D eigenvalue weighted by Crippen LogP contribution is -2.21. The Morgan fingerprint density at radius 2 is 2.11 bits per heavy atom. The first-order chi connectivity index (χ1) is 8.77. The van der Waals surface area contributed by atoms with Crippen molar-refractivity contribution in [1.29, 1.82) is 0 Å². The van der Waals surface area contributed by atoms with Gasteiger partial charge in [-0.05, 0) is 44.0 Å². The summed E-state index contributed by atoms with van der Waals surface area (Å²) < 4.78 is 10.7. The van der Waals surface area contributed by atoms with Crippen molar-refractivity contribution < 1.29 is 9.47 Å². The zero-order chi connectivity index (χ0) is 13.2. The van der Waals surface area contributed by atoms with Crippen molar-refractivity contribution in [1.82, 2.24) is 5.32 Å². The smallest absolute Gasteiger partial charge is 0.119 e. The Labute approximate surface area is 110 Å². The van der Waals surface area contributed by atoms with Crippen LogP contribution in [0, 0.1) is 0 Å². The topological polar surface area (TPSA) is 30.5 Å². The number of nitrogens with one attached hydrogen (secondary N) is 1. The fraction of sp³-hybridized carbons (Fsp3) is 0.600. The molecular formula is C15H25NO2. The van der Waals surface area contributed by atoms with Crippen molar-refractivity contribution in [2.45, 2.75) is 32.7 Å². The van der Waals surface area contributed by atoms with Crippen molar-refractivity contribution in [3.05, 3.63) is 29.8 Å². The summed E-state index contributed by atoms with van der Waals surface area (Å²) in [6, 6.07) is 8.52. The highest BCUT2D eigenvalue weighted by atomic mass is 16.5. The predicted octanol–water partition coefficient (Wildman–Crippen LogP) is 3.16. The summed E-state index contributed by atoms with van der Waals surface area (Å²) in [5.41, 5.74) is 1.25. The molecule has 0 aliphatic heterocycles. The summed E-state index contributed by atoms with van der Waals surface area (Å²) in [7, 11) is 1.70. The van der Waals surface area contributed by atoms with Gasteiger partial charge in [-0.15, -0.1) is 0 Å². The van der Waals surface area contributed by atoms with Gasteiger partial charge in [-0.2, -0.15) is 0 Å². The lowest BCUT2D eigenvalue weighted by molar-refractivity contribution is 0.132. The maximum Gasteiger partial charge on any atom is 0.119 e. The van der Waals surface area contributed by atoms with Crippen LogP contribution in [0.1, 0.15) is 38.3 Å². The molecule has 0 bridgehead atoms. The Balaban J connectivity index is 2.25. The molecular weight excluding hydrogens is 226 g/mol. The lowest BCUT2D eigenvalue weighted by Gasteiger charge is -2.15. The van der Waals surface area contributed by atoms with Gasteiger partial charge in [-0.3, -0.25) is 0 Å². The fourth-order valence-electron chi connectivity index (χ4n) is 1.77. The summed E-state index contributed by atoms with van der Waals surface area (Å²) in [5.74, 6) is 0.910. The second-order valence-electron chi connectivity index (χ2n) is 4.42. The maximum absolute atomic E-state index is 5.45. The Bertz CT molecular complexity index is 328. The zero-order valence-corrected chi connectivity index (χ0v) is 11.7. The quantitative estimate of drug-likeness (QED) is 0.684. The van der Waals surface area contributed by atoms with E-state index in [1.54, 1.807) is 7.11 Å². The summed E-state index contributed by atoms with van der Waals surface area (Å²) in [4.78, 5) is 0. The van der Waals surface area contributed by atoms with Gasteiger partial charge in [0, 0.05) is 19.3 Å². The summed E-state index contributed by atoms with van der Waals surface area (Å²) in [5, 5.41) is 3.49. The summed E-state index contributed by atoms with van der Waals surface area (Å²) in [6.45, 7) is 6.98. The molecule has 0 aliphatic rings. The maximum atomic E-state index is 5.45. The number of rotatable bonds is 9. The largest absolute Gasteiger partial charge is 0.497 e. The zero-order valence-electron chi connectivity index (χ0n) is 11.7. The van der Waals surface area contributed by atoms with Crippen LogP contribution in [-0.4, -0.2) is 26.9 Å². The molecule has 1 N–H and O–H groups in total. The number of ether oxygens (including phenoxy) is 2. The minimum Gasteiger partial charge on any atom is -0.497 e. The van der Waals surface area contributed by atoms with E-state index in [4.69, 9.17) is 9.47 Å². The van der Waals surface area contributed by atoms with Crippen LogP contribution in [0.4, 0.5) is 0 Å². The average Bonchev–Trinajstić information content (AvgIpc) is 2.42. The third-order valence-electron chi connectivity index (χ3n) is 2.86. The molecule has 1 rings (SSSR count). The molecule has 0 aromatic heterocycles. The molecule has 1 atom stereocenters. The molecule has 0 heterocycles. The van der Waals surface area contributed by atoms with E-state index in [1.165, 1.54) is 5.56 Å². The van der Waals surface area contributed by atoms with E-state index in [0.717, 1.165) is 38.3 Å². The van der Waals surface area contributed by atoms with E-state index >= 15 is 0 Å².